The van der Waals surface area contributed by atoms with Crippen LogP contribution in [0.25, 0.3) is 10.9 Å². The molecule has 3 N–H and O–H groups in total. The van der Waals surface area contributed by atoms with Crippen molar-refractivity contribution in [3.05, 3.63) is 80.5 Å². The van der Waals surface area contributed by atoms with Crippen molar-refractivity contribution in [2.75, 3.05) is 26.8 Å². The molecule has 4 aromatic rings. The third-order valence-corrected chi connectivity index (χ3v) is 9.55. The highest BCUT2D eigenvalue weighted by atomic mass is 16.5. The van der Waals surface area contributed by atoms with Crippen molar-refractivity contribution >= 4 is 10.9 Å². The molecule has 43 heavy (non-hydrogen) atoms. The summed E-state index contributed by atoms with van der Waals surface area (Å²) in [7, 11) is 1.63. The molecule has 2 bridgehead atoms. The van der Waals surface area contributed by atoms with Crippen LogP contribution in [0.3, 0.4) is 0 Å². The van der Waals surface area contributed by atoms with Crippen LogP contribution >= 0.6 is 0 Å². The lowest BCUT2D eigenvalue weighted by atomic mass is 9.72. The average molecular weight is 590 g/mol. The van der Waals surface area contributed by atoms with E-state index in [-0.39, 0.29) is 24.6 Å². The van der Waals surface area contributed by atoms with E-state index in [1.54, 1.807) is 24.9 Å². The second kappa shape index (κ2) is 11.0. The van der Waals surface area contributed by atoms with Crippen LogP contribution in [0.1, 0.15) is 60.4 Å². The zero-order valence-corrected chi connectivity index (χ0v) is 24.0. The molecule has 4 saturated heterocycles. The first-order valence-electron chi connectivity index (χ1n) is 14.7. The van der Waals surface area contributed by atoms with Gasteiger partial charge in [0.15, 0.2) is 0 Å². The van der Waals surface area contributed by atoms with Crippen molar-refractivity contribution in [1.29, 1.82) is 0 Å². The van der Waals surface area contributed by atoms with Gasteiger partial charge in [0.2, 0.25) is 0 Å². The third-order valence-electron chi connectivity index (χ3n) is 9.55. The quantitative estimate of drug-likeness (QED) is 0.288. The van der Waals surface area contributed by atoms with E-state index < -0.39 is 29.7 Å². The summed E-state index contributed by atoms with van der Waals surface area (Å²) >= 11 is 0. The fraction of sp³-hybridized carbons (Fsp3) is 0.500. The standard InChI is InChI=1S/C30H35N7O6/c1-16-12-36(30(41)32-29(16)40)27-11-24(26(15-38)43-27)37-14-23(33-34-37)21-13-35-8-6-17(21)9-25(35)28(39)19-5-7-31-22-4-3-18(42-2)10-20(19)22/h3-5,7,10,12,14,17,21,24-28,38-39H,6,8-9,11,13,15H2,1-2H3,(H,32,40,41)/t17-,21?,24+,25?,26-,27-,28?/m1/s1. The number of aliphatic hydroxyl groups excluding tert-OH is 2. The molecule has 4 aliphatic rings. The van der Waals surface area contributed by atoms with Gasteiger partial charge in [-0.25, -0.2) is 9.48 Å². The van der Waals surface area contributed by atoms with Crippen LogP contribution in [-0.2, 0) is 4.74 Å². The Kier molecular flexibility index (Phi) is 7.12. The first-order valence-corrected chi connectivity index (χ1v) is 14.7. The number of rotatable bonds is 7. The minimum absolute atomic E-state index is 0.0244. The van der Waals surface area contributed by atoms with Crippen LogP contribution in [0.15, 0.2) is 52.4 Å². The van der Waals surface area contributed by atoms with Gasteiger partial charge in [-0.15, -0.1) is 5.10 Å². The Hall–Kier alpha value is -3.91. The zero-order chi connectivity index (χ0) is 29.8. The molecule has 8 atom stereocenters. The van der Waals surface area contributed by atoms with E-state index in [1.165, 1.54) is 10.8 Å². The second-order valence-corrected chi connectivity index (χ2v) is 11.9. The van der Waals surface area contributed by atoms with Crippen LogP contribution in [0.2, 0.25) is 0 Å². The van der Waals surface area contributed by atoms with E-state index in [0.717, 1.165) is 53.8 Å². The Morgan fingerprint density at radius 3 is 2.84 bits per heavy atom. The maximum absolute atomic E-state index is 12.5. The van der Waals surface area contributed by atoms with Gasteiger partial charge in [0.1, 0.15) is 18.1 Å². The molecule has 0 radical (unpaired) electrons. The van der Waals surface area contributed by atoms with Gasteiger partial charge in [0.05, 0.1) is 37.1 Å². The van der Waals surface area contributed by atoms with Crippen LogP contribution in [0.4, 0.5) is 0 Å². The molecule has 0 saturated carbocycles. The van der Waals surface area contributed by atoms with Crippen LogP contribution in [0, 0.1) is 12.8 Å². The van der Waals surface area contributed by atoms with Crippen molar-refractivity contribution in [3.63, 3.8) is 0 Å². The summed E-state index contributed by atoms with van der Waals surface area (Å²) in [6, 6.07) is 7.27. The highest BCUT2D eigenvalue weighted by Gasteiger charge is 2.45. The average Bonchev–Trinajstić information content (AvgIpc) is 3.70. The molecule has 4 fully saturated rings. The highest BCUT2D eigenvalue weighted by Crippen LogP contribution is 2.45. The number of nitrogens with one attached hydrogen (secondary N) is 1. The molecule has 13 nitrogen and oxygen atoms in total. The minimum Gasteiger partial charge on any atom is -0.497 e. The fourth-order valence-corrected chi connectivity index (χ4v) is 7.22. The van der Waals surface area contributed by atoms with Crippen LogP contribution in [0.5, 0.6) is 5.75 Å². The second-order valence-electron chi connectivity index (χ2n) is 11.9. The van der Waals surface area contributed by atoms with Crippen molar-refractivity contribution in [1.82, 2.24) is 34.4 Å². The van der Waals surface area contributed by atoms with E-state index in [4.69, 9.17) is 9.47 Å². The summed E-state index contributed by atoms with van der Waals surface area (Å²) in [5, 5.41) is 31.6. The SMILES string of the molecule is COc1ccc2nccc(C(O)C3C[C@H]4CCN3CC4c3cn([C@H]4C[C@H](n5cc(C)c(=O)[nH]c5=O)O[C@@H]4CO)nn3)c2c1. The first-order chi connectivity index (χ1) is 20.8. The third kappa shape index (κ3) is 4.85. The number of H-pyrrole nitrogens is 1. The molecule has 0 amide bonds. The number of hydrogen-bond donors (Lipinski definition) is 3. The first kappa shape index (κ1) is 27.9. The normalized spacial score (nSPS) is 29.3. The van der Waals surface area contributed by atoms with Gasteiger partial charge < -0.3 is 19.7 Å². The van der Waals surface area contributed by atoms with Gasteiger partial charge in [-0.05, 0) is 62.1 Å². The molecule has 0 spiro atoms. The van der Waals surface area contributed by atoms with Gasteiger partial charge in [0, 0.05) is 54.5 Å². The van der Waals surface area contributed by atoms with Gasteiger partial charge in [-0.2, -0.15) is 0 Å². The maximum Gasteiger partial charge on any atom is 0.330 e. The zero-order valence-electron chi connectivity index (χ0n) is 24.0. The predicted octanol–water partition coefficient (Wildman–Crippen LogP) is 1.43. The summed E-state index contributed by atoms with van der Waals surface area (Å²) in [5.41, 5.74) is 1.96. The Morgan fingerprint density at radius 1 is 1.21 bits per heavy atom. The molecule has 8 rings (SSSR count). The summed E-state index contributed by atoms with van der Waals surface area (Å²) < 4.78 is 14.5. The molecule has 13 heteroatoms. The number of ether oxygens (including phenoxy) is 2. The number of nitrogens with zero attached hydrogens (tertiary/aromatic N) is 6. The molecular formula is C30H35N7O6. The monoisotopic (exact) mass is 589 g/mol. The maximum atomic E-state index is 12.5. The summed E-state index contributed by atoms with van der Waals surface area (Å²) in [4.78, 5) is 33.4. The summed E-state index contributed by atoms with van der Waals surface area (Å²) in [6.07, 6.45) is 5.48. The van der Waals surface area contributed by atoms with Gasteiger partial charge in [-0.3, -0.25) is 24.2 Å². The fourth-order valence-electron chi connectivity index (χ4n) is 7.22. The minimum atomic E-state index is -0.671. The van der Waals surface area contributed by atoms with Gasteiger partial charge in [-0.1, -0.05) is 5.21 Å². The number of methoxy groups -OCH3 is 1. The van der Waals surface area contributed by atoms with E-state index in [0.29, 0.717) is 17.9 Å². The van der Waals surface area contributed by atoms with E-state index in [1.807, 2.05) is 30.5 Å². The molecule has 3 aromatic heterocycles. The Morgan fingerprint density at radius 2 is 2.07 bits per heavy atom. The number of aliphatic hydroxyl groups is 2. The predicted molar refractivity (Wildman–Crippen MR) is 155 cm³/mol. The molecule has 226 valence electrons. The van der Waals surface area contributed by atoms with Crippen molar-refractivity contribution in [2.24, 2.45) is 5.92 Å². The Bertz CT molecular complexity index is 1770. The van der Waals surface area contributed by atoms with E-state index in [2.05, 4.69) is 25.2 Å². The number of aromatic amines is 1. The number of benzene rings is 1. The molecular weight excluding hydrogens is 554 g/mol. The van der Waals surface area contributed by atoms with E-state index in [9.17, 15) is 19.8 Å². The summed E-state index contributed by atoms with van der Waals surface area (Å²) in [5.74, 6) is 1.22. The Labute approximate surface area is 246 Å². The molecule has 4 aliphatic heterocycles. The number of aromatic nitrogens is 6. The van der Waals surface area contributed by atoms with Crippen LogP contribution in [-0.4, -0.2) is 83.6 Å². The smallest absolute Gasteiger partial charge is 0.330 e. The number of piperidine rings is 3. The number of pyridine rings is 1. The largest absolute Gasteiger partial charge is 0.497 e. The van der Waals surface area contributed by atoms with Crippen molar-refractivity contribution < 1.29 is 19.7 Å². The molecule has 1 aromatic carbocycles. The molecule has 4 unspecified atom stereocenters. The molecule has 0 aliphatic carbocycles. The van der Waals surface area contributed by atoms with Gasteiger partial charge in [0.25, 0.3) is 5.56 Å². The lowest BCUT2D eigenvalue weighted by molar-refractivity contribution is -0.0382. The summed E-state index contributed by atoms with van der Waals surface area (Å²) in [6.45, 7) is 3.04. The number of aryl methyl sites for hydroxylation is 1. The van der Waals surface area contributed by atoms with Gasteiger partial charge >= 0.3 is 5.69 Å². The molecule has 7 heterocycles. The highest BCUT2D eigenvalue weighted by molar-refractivity contribution is 5.84. The lowest BCUT2D eigenvalue weighted by Gasteiger charge is -2.50. The van der Waals surface area contributed by atoms with Crippen molar-refractivity contribution in [3.8, 4) is 5.75 Å². The topological polar surface area (TPSA) is 161 Å². The van der Waals surface area contributed by atoms with Crippen LogP contribution < -0.4 is 16.0 Å². The number of fused-ring (bicyclic) bond motifs is 4. The Balaban J connectivity index is 1.09. The number of hydrogen-bond acceptors (Lipinski definition) is 10. The van der Waals surface area contributed by atoms with E-state index >= 15 is 0 Å². The lowest BCUT2D eigenvalue weighted by Crippen LogP contribution is -2.54. The van der Waals surface area contributed by atoms with Crippen molar-refractivity contribution in [2.45, 2.75) is 62.6 Å².